The first-order valence-corrected chi connectivity index (χ1v) is 6.52. The van der Waals surface area contributed by atoms with Gasteiger partial charge in [0.15, 0.2) is 0 Å². The molecule has 1 amide bonds. The number of rotatable bonds is 3. The lowest BCUT2D eigenvalue weighted by molar-refractivity contribution is 0.0958. The fourth-order valence-electron chi connectivity index (χ4n) is 1.02. The summed E-state index contributed by atoms with van der Waals surface area (Å²) in [5, 5.41) is 2.41. The third-order valence-electron chi connectivity index (χ3n) is 1.73. The lowest BCUT2D eigenvalue weighted by Crippen LogP contribution is -2.23. The van der Waals surface area contributed by atoms with E-state index in [0.29, 0.717) is 0 Å². The third-order valence-corrected chi connectivity index (χ3v) is 3.08. The molecule has 4 nitrogen and oxygen atoms in total. The molecule has 0 unspecified atom stereocenters. The number of carbonyl (C=O) groups excluding carboxylic acids is 1. The predicted molar refractivity (Wildman–Crippen MR) is 60.6 cm³/mol. The first-order valence-electron chi connectivity index (χ1n) is 4.21. The van der Waals surface area contributed by atoms with Crippen molar-refractivity contribution in [1.82, 2.24) is 5.32 Å². The Morgan fingerprint density at radius 1 is 1.50 bits per heavy atom. The summed E-state index contributed by atoms with van der Waals surface area (Å²) in [7, 11) is 1.32. The minimum Gasteiger partial charge on any atom is -0.341 e. The zero-order valence-electron chi connectivity index (χ0n) is 8.10. The standard InChI is InChI=1S/C10H8ClNO3S/c1-2-6-12-10(13)8-4-3-5-9(7-8)16(11,14)15/h1,3-5,7H,6H2,(H,12,13). The number of carbonyl (C=O) groups is 1. The summed E-state index contributed by atoms with van der Waals surface area (Å²) < 4.78 is 22.0. The molecule has 0 aliphatic rings. The number of nitrogens with one attached hydrogen (secondary N) is 1. The molecule has 0 saturated carbocycles. The first-order chi connectivity index (χ1) is 7.45. The Kier molecular flexibility index (Phi) is 3.93. The van der Waals surface area contributed by atoms with Gasteiger partial charge in [-0.1, -0.05) is 12.0 Å². The Balaban J connectivity index is 3.01. The maximum Gasteiger partial charge on any atom is 0.261 e. The van der Waals surface area contributed by atoms with Gasteiger partial charge in [-0.15, -0.1) is 6.42 Å². The topological polar surface area (TPSA) is 63.2 Å². The van der Waals surface area contributed by atoms with E-state index < -0.39 is 15.0 Å². The molecular formula is C10H8ClNO3S. The van der Waals surface area contributed by atoms with Crippen LogP contribution in [0.4, 0.5) is 0 Å². The van der Waals surface area contributed by atoms with Crippen LogP contribution in [0.1, 0.15) is 10.4 Å². The predicted octanol–water partition coefficient (Wildman–Crippen LogP) is 0.977. The Hall–Kier alpha value is -1.51. The van der Waals surface area contributed by atoms with Gasteiger partial charge in [-0.05, 0) is 18.2 Å². The number of benzene rings is 1. The van der Waals surface area contributed by atoms with Crippen LogP contribution in [-0.2, 0) is 9.05 Å². The molecule has 0 bridgehead atoms. The number of hydrogen-bond donors (Lipinski definition) is 1. The zero-order chi connectivity index (χ0) is 12.2. The highest BCUT2D eigenvalue weighted by atomic mass is 35.7. The minimum atomic E-state index is -3.83. The van der Waals surface area contributed by atoms with Gasteiger partial charge in [0.05, 0.1) is 11.4 Å². The third kappa shape index (κ3) is 3.26. The SMILES string of the molecule is C#CCNC(=O)c1cccc(S(=O)(=O)Cl)c1. The molecule has 84 valence electrons. The maximum atomic E-state index is 11.4. The van der Waals surface area contributed by atoms with Crippen molar-refractivity contribution < 1.29 is 13.2 Å². The molecule has 1 aromatic carbocycles. The second kappa shape index (κ2) is 5.01. The molecule has 0 aliphatic heterocycles. The molecule has 0 aliphatic carbocycles. The van der Waals surface area contributed by atoms with E-state index in [4.69, 9.17) is 17.1 Å². The fourth-order valence-corrected chi connectivity index (χ4v) is 1.82. The number of terminal acetylenes is 1. The van der Waals surface area contributed by atoms with Gasteiger partial charge in [-0.2, -0.15) is 0 Å². The first kappa shape index (κ1) is 12.6. The average Bonchev–Trinajstić information content (AvgIpc) is 2.25. The minimum absolute atomic E-state index is 0.0800. The highest BCUT2D eigenvalue weighted by molar-refractivity contribution is 8.13. The Bertz CT molecular complexity index is 545. The summed E-state index contributed by atoms with van der Waals surface area (Å²) in [6, 6.07) is 5.39. The highest BCUT2D eigenvalue weighted by Gasteiger charge is 2.12. The van der Waals surface area contributed by atoms with Crippen LogP contribution >= 0.6 is 10.7 Å². The average molecular weight is 258 g/mol. The molecule has 1 rings (SSSR count). The Morgan fingerprint density at radius 3 is 2.75 bits per heavy atom. The molecule has 0 saturated heterocycles. The molecule has 6 heteroatoms. The van der Waals surface area contributed by atoms with E-state index in [0.717, 1.165) is 0 Å². The van der Waals surface area contributed by atoms with Crippen LogP contribution in [0.25, 0.3) is 0 Å². The molecule has 16 heavy (non-hydrogen) atoms. The van der Waals surface area contributed by atoms with Gasteiger partial charge in [0, 0.05) is 16.2 Å². The van der Waals surface area contributed by atoms with E-state index in [-0.39, 0.29) is 17.0 Å². The van der Waals surface area contributed by atoms with Crippen LogP contribution in [-0.4, -0.2) is 20.9 Å². The van der Waals surface area contributed by atoms with Crippen molar-refractivity contribution >= 4 is 25.6 Å². The summed E-state index contributed by atoms with van der Waals surface area (Å²) >= 11 is 0. The van der Waals surface area contributed by atoms with E-state index >= 15 is 0 Å². The number of halogens is 1. The largest absolute Gasteiger partial charge is 0.341 e. The Labute approximate surface area is 98.0 Å². The summed E-state index contributed by atoms with van der Waals surface area (Å²) in [5.41, 5.74) is 0.192. The van der Waals surface area contributed by atoms with Crippen LogP contribution in [0.3, 0.4) is 0 Å². The monoisotopic (exact) mass is 257 g/mol. The van der Waals surface area contributed by atoms with Crippen LogP contribution in [0.2, 0.25) is 0 Å². The van der Waals surface area contributed by atoms with Crippen LogP contribution in [0, 0.1) is 12.3 Å². The van der Waals surface area contributed by atoms with Gasteiger partial charge in [0.2, 0.25) is 0 Å². The molecule has 1 N–H and O–H groups in total. The van der Waals surface area contributed by atoms with Gasteiger partial charge in [-0.3, -0.25) is 4.79 Å². The maximum absolute atomic E-state index is 11.4. The van der Waals surface area contributed by atoms with E-state index in [1.54, 1.807) is 0 Å². The molecule has 0 radical (unpaired) electrons. The summed E-state index contributed by atoms with van der Waals surface area (Å²) in [6.07, 6.45) is 4.97. The second-order valence-corrected chi connectivity index (χ2v) is 5.42. The van der Waals surface area contributed by atoms with Gasteiger partial charge < -0.3 is 5.32 Å². The number of amides is 1. The van der Waals surface area contributed by atoms with Crippen LogP contribution < -0.4 is 5.32 Å². The van der Waals surface area contributed by atoms with Crippen LogP contribution in [0.15, 0.2) is 29.2 Å². The lowest BCUT2D eigenvalue weighted by Gasteiger charge is -2.02. The smallest absolute Gasteiger partial charge is 0.261 e. The van der Waals surface area contributed by atoms with Crippen molar-refractivity contribution in [3.63, 3.8) is 0 Å². The van der Waals surface area contributed by atoms with Crippen molar-refractivity contribution in [2.24, 2.45) is 0 Å². The van der Waals surface area contributed by atoms with Crippen molar-refractivity contribution in [2.45, 2.75) is 4.90 Å². The normalized spacial score (nSPS) is 10.5. The lowest BCUT2D eigenvalue weighted by atomic mass is 10.2. The molecular weight excluding hydrogens is 250 g/mol. The van der Waals surface area contributed by atoms with Crippen molar-refractivity contribution in [1.29, 1.82) is 0 Å². The van der Waals surface area contributed by atoms with Gasteiger partial charge >= 0.3 is 0 Å². The van der Waals surface area contributed by atoms with E-state index in [1.807, 2.05) is 0 Å². The summed E-state index contributed by atoms with van der Waals surface area (Å²) in [6.45, 7) is 0.0800. The Morgan fingerprint density at radius 2 is 2.19 bits per heavy atom. The second-order valence-electron chi connectivity index (χ2n) is 2.85. The van der Waals surface area contributed by atoms with Crippen LogP contribution in [0.5, 0.6) is 0 Å². The fraction of sp³-hybridized carbons (Fsp3) is 0.100. The summed E-state index contributed by atoms with van der Waals surface area (Å²) in [4.78, 5) is 11.3. The van der Waals surface area contributed by atoms with Gasteiger partial charge in [0.1, 0.15) is 0 Å². The quantitative estimate of drug-likeness (QED) is 0.649. The molecule has 0 fully saturated rings. The molecule has 1 aromatic rings. The van der Waals surface area contributed by atoms with Crippen molar-refractivity contribution in [3.05, 3.63) is 29.8 Å². The molecule has 0 atom stereocenters. The van der Waals surface area contributed by atoms with E-state index in [9.17, 15) is 13.2 Å². The zero-order valence-corrected chi connectivity index (χ0v) is 9.68. The van der Waals surface area contributed by atoms with Gasteiger partial charge in [-0.25, -0.2) is 8.42 Å². The molecule has 0 heterocycles. The van der Waals surface area contributed by atoms with Crippen molar-refractivity contribution in [2.75, 3.05) is 6.54 Å². The molecule has 0 aromatic heterocycles. The van der Waals surface area contributed by atoms with E-state index in [1.165, 1.54) is 24.3 Å². The van der Waals surface area contributed by atoms with Crippen molar-refractivity contribution in [3.8, 4) is 12.3 Å². The molecule has 0 spiro atoms. The number of hydrogen-bond acceptors (Lipinski definition) is 3. The highest BCUT2D eigenvalue weighted by Crippen LogP contribution is 2.15. The van der Waals surface area contributed by atoms with Gasteiger partial charge in [0.25, 0.3) is 15.0 Å². The van der Waals surface area contributed by atoms with E-state index in [2.05, 4.69) is 11.2 Å². The summed E-state index contributed by atoms with van der Waals surface area (Å²) in [5.74, 6) is 1.79.